The Hall–Kier alpha value is -0.940. The van der Waals surface area contributed by atoms with Crippen molar-refractivity contribution in [3.63, 3.8) is 0 Å². The Morgan fingerprint density at radius 1 is 1.56 bits per heavy atom. The highest BCUT2D eigenvalue weighted by Crippen LogP contribution is 2.18. The van der Waals surface area contributed by atoms with Gasteiger partial charge in [0, 0.05) is 22.6 Å². The lowest BCUT2D eigenvalue weighted by Gasteiger charge is -2.26. The Morgan fingerprint density at radius 3 is 2.72 bits per heavy atom. The molecule has 3 nitrogen and oxygen atoms in total. The monoisotopic (exact) mass is 317 g/mol. The molecule has 0 aliphatic heterocycles. The van der Waals surface area contributed by atoms with Crippen LogP contribution in [-0.2, 0) is 11.3 Å². The molecule has 0 amide bonds. The van der Waals surface area contributed by atoms with Gasteiger partial charge < -0.3 is 5.11 Å². The van der Waals surface area contributed by atoms with Gasteiger partial charge in [0.05, 0.1) is 6.42 Å². The van der Waals surface area contributed by atoms with Gasteiger partial charge in [0.15, 0.2) is 0 Å². The van der Waals surface area contributed by atoms with Crippen molar-refractivity contribution in [3.8, 4) is 0 Å². The second kappa shape index (κ2) is 6.85. The Morgan fingerprint density at radius 2 is 2.22 bits per heavy atom. The molecule has 1 atom stereocenters. The van der Waals surface area contributed by atoms with Crippen LogP contribution in [0.4, 0.5) is 4.39 Å². The molecule has 1 N–H and O–H groups in total. The first-order valence-corrected chi connectivity index (χ1v) is 6.63. The third kappa shape index (κ3) is 4.38. The molecule has 0 aromatic heterocycles. The van der Waals surface area contributed by atoms with Gasteiger partial charge in [-0.2, -0.15) is 0 Å². The topological polar surface area (TPSA) is 40.5 Å². The molecule has 5 heteroatoms. The van der Waals surface area contributed by atoms with Gasteiger partial charge in [-0.25, -0.2) is 4.39 Å². The van der Waals surface area contributed by atoms with Gasteiger partial charge in [0.2, 0.25) is 0 Å². The van der Waals surface area contributed by atoms with Crippen molar-refractivity contribution < 1.29 is 14.3 Å². The largest absolute Gasteiger partial charge is 0.481 e. The van der Waals surface area contributed by atoms with Gasteiger partial charge >= 0.3 is 5.97 Å². The van der Waals surface area contributed by atoms with Crippen LogP contribution in [0.3, 0.4) is 0 Å². The van der Waals surface area contributed by atoms with E-state index in [1.165, 1.54) is 6.07 Å². The standard InChI is InChI=1S/C13H17BrFNO2/c1-3-16(9(2)6-13(17)18)8-10-4-5-11(14)7-12(10)15/h4-5,7,9H,3,6,8H2,1-2H3,(H,17,18). The maximum absolute atomic E-state index is 13.7. The van der Waals surface area contributed by atoms with Crippen molar-refractivity contribution in [2.75, 3.05) is 6.54 Å². The number of carboxylic acid groups (broad SMARTS) is 1. The van der Waals surface area contributed by atoms with Crippen LogP contribution in [0.5, 0.6) is 0 Å². The van der Waals surface area contributed by atoms with Crippen molar-refractivity contribution in [2.45, 2.75) is 32.9 Å². The number of benzene rings is 1. The zero-order valence-electron chi connectivity index (χ0n) is 10.5. The first-order chi connectivity index (χ1) is 8.43. The van der Waals surface area contributed by atoms with E-state index in [4.69, 9.17) is 5.11 Å². The summed E-state index contributed by atoms with van der Waals surface area (Å²) < 4.78 is 14.4. The lowest BCUT2D eigenvalue weighted by Crippen LogP contribution is -2.34. The van der Waals surface area contributed by atoms with Crippen LogP contribution < -0.4 is 0 Å². The highest BCUT2D eigenvalue weighted by Gasteiger charge is 2.17. The molecule has 0 spiro atoms. The summed E-state index contributed by atoms with van der Waals surface area (Å²) in [5.74, 6) is -1.11. The van der Waals surface area contributed by atoms with Crippen molar-refractivity contribution in [1.82, 2.24) is 4.90 Å². The zero-order chi connectivity index (χ0) is 13.7. The predicted octanol–water partition coefficient (Wildman–Crippen LogP) is 3.27. The molecule has 0 aliphatic rings. The second-order valence-corrected chi connectivity index (χ2v) is 5.16. The molecule has 18 heavy (non-hydrogen) atoms. The smallest absolute Gasteiger partial charge is 0.304 e. The third-order valence-electron chi connectivity index (χ3n) is 2.89. The van der Waals surface area contributed by atoms with E-state index < -0.39 is 5.97 Å². The van der Waals surface area contributed by atoms with E-state index in [2.05, 4.69) is 15.9 Å². The number of carbonyl (C=O) groups is 1. The Labute approximate surface area is 115 Å². The summed E-state index contributed by atoms with van der Waals surface area (Å²) in [5, 5.41) is 8.78. The van der Waals surface area contributed by atoms with Gasteiger partial charge in [-0.05, 0) is 25.6 Å². The Kier molecular flexibility index (Phi) is 5.75. The first-order valence-electron chi connectivity index (χ1n) is 5.83. The van der Waals surface area contributed by atoms with Crippen molar-refractivity contribution in [1.29, 1.82) is 0 Å². The minimum absolute atomic E-state index is 0.0615. The molecule has 0 bridgehead atoms. The van der Waals surface area contributed by atoms with E-state index in [9.17, 15) is 9.18 Å². The van der Waals surface area contributed by atoms with Gasteiger partial charge in [-0.1, -0.05) is 28.9 Å². The van der Waals surface area contributed by atoms with Gasteiger partial charge in [-0.3, -0.25) is 9.69 Å². The van der Waals surface area contributed by atoms with E-state index in [1.807, 2.05) is 18.7 Å². The first kappa shape index (κ1) is 15.1. The van der Waals surface area contributed by atoms with Crippen molar-refractivity contribution in [2.24, 2.45) is 0 Å². The van der Waals surface area contributed by atoms with Crippen molar-refractivity contribution >= 4 is 21.9 Å². The summed E-state index contributed by atoms with van der Waals surface area (Å²) in [7, 11) is 0. The summed E-state index contributed by atoms with van der Waals surface area (Å²) in [4.78, 5) is 12.6. The predicted molar refractivity (Wildman–Crippen MR) is 71.9 cm³/mol. The van der Waals surface area contributed by atoms with Crippen LogP contribution >= 0.6 is 15.9 Å². The van der Waals surface area contributed by atoms with E-state index in [-0.39, 0.29) is 18.3 Å². The lowest BCUT2D eigenvalue weighted by molar-refractivity contribution is -0.138. The maximum atomic E-state index is 13.7. The molecule has 1 aromatic carbocycles. The number of aliphatic carboxylic acids is 1. The zero-order valence-corrected chi connectivity index (χ0v) is 12.1. The summed E-state index contributed by atoms with van der Waals surface area (Å²) in [6.07, 6.45) is 0.0615. The highest BCUT2D eigenvalue weighted by molar-refractivity contribution is 9.10. The molecule has 1 unspecified atom stereocenters. The van der Waals surface area contributed by atoms with Crippen LogP contribution in [-0.4, -0.2) is 28.6 Å². The third-order valence-corrected chi connectivity index (χ3v) is 3.38. The number of rotatable bonds is 6. The summed E-state index contributed by atoms with van der Waals surface area (Å²) >= 11 is 3.21. The number of carboxylic acids is 1. The van der Waals surface area contributed by atoms with E-state index >= 15 is 0 Å². The maximum Gasteiger partial charge on any atom is 0.304 e. The van der Waals surface area contributed by atoms with E-state index in [0.29, 0.717) is 23.1 Å². The molecule has 0 aliphatic carbocycles. The number of halogens is 2. The van der Waals surface area contributed by atoms with E-state index in [1.54, 1.807) is 12.1 Å². The van der Waals surface area contributed by atoms with Crippen LogP contribution in [0.25, 0.3) is 0 Å². The number of hydrogen-bond acceptors (Lipinski definition) is 2. The number of nitrogens with zero attached hydrogens (tertiary/aromatic N) is 1. The SMILES string of the molecule is CCN(Cc1ccc(Br)cc1F)C(C)CC(=O)O. The van der Waals surface area contributed by atoms with Gasteiger partial charge in [-0.15, -0.1) is 0 Å². The fourth-order valence-electron chi connectivity index (χ4n) is 1.83. The molecule has 0 radical (unpaired) electrons. The van der Waals surface area contributed by atoms with Crippen LogP contribution in [0.1, 0.15) is 25.8 Å². The lowest BCUT2D eigenvalue weighted by atomic mass is 10.1. The molecule has 0 heterocycles. The Balaban J connectivity index is 2.76. The summed E-state index contributed by atoms with van der Waals surface area (Å²) in [6, 6.07) is 4.81. The van der Waals surface area contributed by atoms with Crippen LogP contribution in [0.15, 0.2) is 22.7 Å². The van der Waals surface area contributed by atoms with Gasteiger partial charge in [0.1, 0.15) is 5.82 Å². The molecule has 100 valence electrons. The highest BCUT2D eigenvalue weighted by atomic mass is 79.9. The number of hydrogen-bond donors (Lipinski definition) is 1. The fraction of sp³-hybridized carbons (Fsp3) is 0.462. The quantitative estimate of drug-likeness (QED) is 0.875. The average molecular weight is 318 g/mol. The van der Waals surface area contributed by atoms with Crippen LogP contribution in [0.2, 0.25) is 0 Å². The molecule has 1 rings (SSSR count). The summed E-state index contributed by atoms with van der Waals surface area (Å²) in [5.41, 5.74) is 0.581. The molecular formula is C13H17BrFNO2. The second-order valence-electron chi connectivity index (χ2n) is 4.25. The normalized spacial score (nSPS) is 12.7. The fourth-order valence-corrected chi connectivity index (χ4v) is 2.16. The molecule has 0 fully saturated rings. The molecule has 0 saturated carbocycles. The summed E-state index contributed by atoms with van der Waals surface area (Å²) in [6.45, 7) is 4.89. The van der Waals surface area contributed by atoms with Crippen molar-refractivity contribution in [3.05, 3.63) is 34.1 Å². The molecule has 1 aromatic rings. The molecular weight excluding hydrogens is 301 g/mol. The molecule has 0 saturated heterocycles. The average Bonchev–Trinajstić information content (AvgIpc) is 2.27. The van der Waals surface area contributed by atoms with Gasteiger partial charge in [0.25, 0.3) is 0 Å². The minimum Gasteiger partial charge on any atom is -0.481 e. The Bertz CT molecular complexity index is 425. The van der Waals surface area contributed by atoms with E-state index in [0.717, 1.165) is 0 Å². The van der Waals surface area contributed by atoms with Crippen LogP contribution in [0, 0.1) is 5.82 Å². The minimum atomic E-state index is -0.836.